The average molecular weight is 354 g/mol. The zero-order valence-corrected chi connectivity index (χ0v) is 14.9. The lowest BCUT2D eigenvalue weighted by Gasteiger charge is -2.08. The summed E-state index contributed by atoms with van der Waals surface area (Å²) in [6.45, 7) is 1.91. The Morgan fingerprint density at radius 2 is 1.80 bits per heavy atom. The summed E-state index contributed by atoms with van der Waals surface area (Å²) in [6.07, 6.45) is 1.63. The van der Waals surface area contributed by atoms with Gasteiger partial charge >= 0.3 is 5.97 Å². The lowest BCUT2D eigenvalue weighted by atomic mass is 10.1. The molecule has 0 spiro atoms. The number of rotatable bonds is 5. The van der Waals surface area contributed by atoms with Crippen molar-refractivity contribution in [3.8, 4) is 0 Å². The molecule has 0 unspecified atom stereocenters. The quantitative estimate of drug-likeness (QED) is 0.658. The van der Waals surface area contributed by atoms with Crippen LogP contribution in [0.15, 0.2) is 48.5 Å². The number of fused-ring (bicyclic) bond motifs is 1. The van der Waals surface area contributed by atoms with Crippen molar-refractivity contribution in [3.05, 3.63) is 71.0 Å². The lowest BCUT2D eigenvalue weighted by molar-refractivity contribution is 0.0467. The molecular weight excluding hydrogens is 336 g/mol. The van der Waals surface area contributed by atoms with E-state index in [1.165, 1.54) is 0 Å². The number of aryl methyl sites for hydroxylation is 1. The third kappa shape index (κ3) is 4.28. The molecule has 0 amide bonds. The fourth-order valence-corrected chi connectivity index (χ4v) is 3.15. The standard InChI is InChI=1S/C19H18N2O3S/c1-13-18(21-17-9-4-3-8-16(17)20-13)11-24-19(22)15-7-5-6-14(10-15)12-25(2)23/h3-10H,11-12H2,1-2H3/t25-/m0/s1. The number of benzene rings is 2. The fourth-order valence-electron chi connectivity index (χ4n) is 2.50. The topological polar surface area (TPSA) is 69.2 Å². The van der Waals surface area contributed by atoms with Crippen molar-refractivity contribution in [2.75, 3.05) is 6.26 Å². The van der Waals surface area contributed by atoms with Crippen LogP contribution in [-0.4, -0.2) is 26.4 Å². The Morgan fingerprint density at radius 3 is 2.52 bits per heavy atom. The first-order chi connectivity index (χ1) is 12.0. The molecule has 1 atom stereocenters. The number of hydrogen-bond acceptors (Lipinski definition) is 5. The highest BCUT2D eigenvalue weighted by Crippen LogP contribution is 2.14. The van der Waals surface area contributed by atoms with Crippen LogP contribution in [0, 0.1) is 6.92 Å². The first-order valence-electron chi connectivity index (χ1n) is 7.81. The van der Waals surface area contributed by atoms with Crippen LogP contribution in [0.4, 0.5) is 0 Å². The predicted molar refractivity (Wildman–Crippen MR) is 97.6 cm³/mol. The van der Waals surface area contributed by atoms with Crippen molar-refractivity contribution < 1.29 is 13.7 Å². The molecule has 0 saturated carbocycles. The second kappa shape index (κ2) is 7.53. The van der Waals surface area contributed by atoms with E-state index in [0.29, 0.717) is 17.0 Å². The van der Waals surface area contributed by atoms with E-state index >= 15 is 0 Å². The molecule has 2 aromatic carbocycles. The molecule has 0 saturated heterocycles. The van der Waals surface area contributed by atoms with E-state index in [-0.39, 0.29) is 6.61 Å². The highest BCUT2D eigenvalue weighted by atomic mass is 32.2. The number of carbonyl (C=O) groups excluding carboxylic acids is 1. The maximum atomic E-state index is 12.3. The van der Waals surface area contributed by atoms with E-state index in [1.807, 2.05) is 37.3 Å². The van der Waals surface area contributed by atoms with Gasteiger partial charge in [0.2, 0.25) is 0 Å². The molecule has 128 valence electrons. The predicted octanol–water partition coefficient (Wildman–Crippen LogP) is 3.17. The van der Waals surface area contributed by atoms with Crippen molar-refractivity contribution in [2.24, 2.45) is 0 Å². The molecule has 3 aromatic rings. The number of ether oxygens (including phenoxy) is 1. The van der Waals surface area contributed by atoms with Gasteiger partial charge in [-0.3, -0.25) is 4.21 Å². The summed E-state index contributed by atoms with van der Waals surface area (Å²) < 4.78 is 16.7. The Hall–Kier alpha value is -2.60. The van der Waals surface area contributed by atoms with Crippen LogP contribution >= 0.6 is 0 Å². The van der Waals surface area contributed by atoms with E-state index in [4.69, 9.17) is 4.74 Å². The fraction of sp³-hybridized carbons (Fsp3) is 0.211. The summed E-state index contributed by atoms with van der Waals surface area (Å²) in [5, 5.41) is 0. The number of carbonyl (C=O) groups is 1. The molecule has 3 rings (SSSR count). The molecule has 0 N–H and O–H groups in total. The van der Waals surface area contributed by atoms with E-state index < -0.39 is 16.8 Å². The summed E-state index contributed by atoms with van der Waals surface area (Å²) in [4.78, 5) is 21.3. The Morgan fingerprint density at radius 1 is 1.08 bits per heavy atom. The van der Waals surface area contributed by atoms with Crippen molar-refractivity contribution in [3.63, 3.8) is 0 Å². The van der Waals surface area contributed by atoms with Gasteiger partial charge in [-0.1, -0.05) is 24.3 Å². The molecule has 1 heterocycles. The van der Waals surface area contributed by atoms with Gasteiger partial charge in [-0.05, 0) is 36.8 Å². The third-order valence-electron chi connectivity index (χ3n) is 3.72. The number of aromatic nitrogens is 2. The Bertz CT molecular complexity index is 956. The van der Waals surface area contributed by atoms with Gasteiger partial charge in [-0.25, -0.2) is 14.8 Å². The van der Waals surface area contributed by atoms with Crippen molar-refractivity contribution in [2.45, 2.75) is 19.3 Å². The number of esters is 1. The summed E-state index contributed by atoms with van der Waals surface area (Å²) in [5.74, 6) is -0.0192. The molecule has 1 aromatic heterocycles. The molecule has 5 nitrogen and oxygen atoms in total. The monoisotopic (exact) mass is 354 g/mol. The van der Waals surface area contributed by atoms with Gasteiger partial charge in [0.1, 0.15) is 6.61 Å². The first-order valence-corrected chi connectivity index (χ1v) is 9.54. The van der Waals surface area contributed by atoms with Crippen LogP contribution in [-0.2, 0) is 27.9 Å². The van der Waals surface area contributed by atoms with Gasteiger partial charge in [0.25, 0.3) is 0 Å². The first kappa shape index (κ1) is 17.2. The van der Waals surface area contributed by atoms with Crippen molar-refractivity contribution >= 4 is 27.8 Å². The minimum absolute atomic E-state index is 0.0619. The molecule has 0 aliphatic rings. The molecule has 0 aliphatic heterocycles. The third-order valence-corrected chi connectivity index (χ3v) is 4.46. The van der Waals surface area contributed by atoms with Crippen LogP contribution in [0.3, 0.4) is 0 Å². The highest BCUT2D eigenvalue weighted by molar-refractivity contribution is 7.83. The van der Waals surface area contributed by atoms with Crippen LogP contribution < -0.4 is 0 Å². The molecule has 0 fully saturated rings. The van der Waals surface area contributed by atoms with Gasteiger partial charge in [0.05, 0.1) is 28.0 Å². The summed E-state index contributed by atoms with van der Waals surface area (Å²) in [6, 6.07) is 14.6. The average Bonchev–Trinajstić information content (AvgIpc) is 2.59. The molecule has 0 bridgehead atoms. The van der Waals surface area contributed by atoms with Crippen LogP contribution in [0.2, 0.25) is 0 Å². The maximum absolute atomic E-state index is 12.3. The Kier molecular flexibility index (Phi) is 5.19. The Labute approximate surface area is 148 Å². The van der Waals surface area contributed by atoms with Gasteiger partial charge < -0.3 is 4.74 Å². The van der Waals surface area contributed by atoms with Crippen molar-refractivity contribution in [1.82, 2.24) is 9.97 Å². The highest BCUT2D eigenvalue weighted by Gasteiger charge is 2.11. The van der Waals surface area contributed by atoms with Crippen LogP contribution in [0.5, 0.6) is 0 Å². The second-order valence-electron chi connectivity index (χ2n) is 5.74. The van der Waals surface area contributed by atoms with Gasteiger partial charge in [0.15, 0.2) is 0 Å². The van der Waals surface area contributed by atoms with E-state index in [2.05, 4.69) is 9.97 Å². The van der Waals surface area contributed by atoms with Crippen molar-refractivity contribution in [1.29, 1.82) is 0 Å². The SMILES string of the molecule is Cc1nc2ccccc2nc1COC(=O)c1cccc(C[S@](C)=O)c1. The largest absolute Gasteiger partial charge is 0.456 e. The molecule has 25 heavy (non-hydrogen) atoms. The van der Waals surface area contributed by atoms with E-state index in [9.17, 15) is 9.00 Å². The van der Waals surface area contributed by atoms with Gasteiger partial charge in [-0.15, -0.1) is 0 Å². The summed E-state index contributed by atoms with van der Waals surface area (Å²) in [7, 11) is -0.958. The van der Waals surface area contributed by atoms with E-state index in [1.54, 1.807) is 24.5 Å². The van der Waals surface area contributed by atoms with Crippen LogP contribution in [0.25, 0.3) is 11.0 Å². The number of nitrogens with zero attached hydrogens (tertiary/aromatic N) is 2. The zero-order chi connectivity index (χ0) is 17.8. The molecule has 0 radical (unpaired) electrons. The number of hydrogen-bond donors (Lipinski definition) is 0. The second-order valence-corrected chi connectivity index (χ2v) is 7.17. The number of para-hydroxylation sites is 2. The Balaban J connectivity index is 1.74. The van der Waals surface area contributed by atoms with Crippen LogP contribution in [0.1, 0.15) is 27.3 Å². The minimum atomic E-state index is -0.958. The smallest absolute Gasteiger partial charge is 0.338 e. The molecule has 0 aliphatic carbocycles. The maximum Gasteiger partial charge on any atom is 0.338 e. The summed E-state index contributed by atoms with van der Waals surface area (Å²) >= 11 is 0. The minimum Gasteiger partial charge on any atom is -0.456 e. The molecular formula is C19H18N2O3S. The summed E-state index contributed by atoms with van der Waals surface area (Å²) in [5.41, 5.74) is 4.24. The van der Waals surface area contributed by atoms with Gasteiger partial charge in [-0.2, -0.15) is 0 Å². The lowest BCUT2D eigenvalue weighted by Crippen LogP contribution is -2.09. The van der Waals surface area contributed by atoms with E-state index in [0.717, 1.165) is 22.3 Å². The zero-order valence-electron chi connectivity index (χ0n) is 14.1. The molecule has 6 heteroatoms. The normalized spacial score (nSPS) is 12.1. The van der Waals surface area contributed by atoms with Gasteiger partial charge in [0, 0.05) is 22.8 Å².